The van der Waals surface area contributed by atoms with Crippen LogP contribution in [0.5, 0.6) is 0 Å². The Morgan fingerprint density at radius 3 is 2.15 bits per heavy atom. The van der Waals surface area contributed by atoms with E-state index in [4.69, 9.17) is 19.3 Å². The summed E-state index contributed by atoms with van der Waals surface area (Å²) in [5, 5.41) is 9.69. The third-order valence-corrected chi connectivity index (χ3v) is 6.11. The first-order valence-electron chi connectivity index (χ1n) is 14.7. The highest BCUT2D eigenvalue weighted by molar-refractivity contribution is 7.46. The lowest BCUT2D eigenvalue weighted by Gasteiger charge is -2.18. The first kappa shape index (κ1) is 38.7. The largest absolute Gasteiger partial charge is 0.469 e. The van der Waals surface area contributed by atoms with Crippen LogP contribution in [0.4, 0.5) is 0 Å². The van der Waals surface area contributed by atoms with Gasteiger partial charge in [0.15, 0.2) is 6.10 Å². The van der Waals surface area contributed by atoms with Crippen molar-refractivity contribution in [3.8, 4) is 0 Å². The highest BCUT2D eigenvalue weighted by Gasteiger charge is 2.22. The Morgan fingerprint density at radius 1 is 0.780 bits per heavy atom. The smallest absolute Gasteiger partial charge is 0.462 e. The molecule has 0 radical (unpaired) electrons. The maximum Gasteiger partial charge on any atom is 0.469 e. The van der Waals surface area contributed by atoms with Crippen LogP contribution in [0.2, 0.25) is 0 Å². The Balaban J connectivity index is 4.15. The topological polar surface area (TPSA) is 140 Å². The number of unbranched alkanes of at least 4 members (excludes halogenated alkanes) is 5. The van der Waals surface area contributed by atoms with Crippen LogP contribution in [0, 0.1) is 0 Å². The van der Waals surface area contributed by atoms with Gasteiger partial charge in [-0.15, -0.1) is 0 Å². The molecule has 0 amide bonds. The van der Waals surface area contributed by atoms with Crippen molar-refractivity contribution in [1.82, 2.24) is 0 Å². The molecule has 0 rings (SSSR count). The zero-order valence-electron chi connectivity index (χ0n) is 24.8. The molecule has 0 saturated carbocycles. The molecule has 0 bridgehead atoms. The van der Waals surface area contributed by atoms with E-state index in [1.54, 1.807) is 6.08 Å². The number of allylic oxidation sites excluding steroid dienone is 8. The molecule has 0 spiro atoms. The summed E-state index contributed by atoms with van der Waals surface area (Å²) >= 11 is 0. The number of hydrogen-bond acceptors (Lipinski definition) is 7. The Labute approximate surface area is 246 Å². The Hall–Kier alpha value is -2.29. The molecule has 9 nitrogen and oxygen atoms in total. The van der Waals surface area contributed by atoms with Crippen LogP contribution in [-0.4, -0.2) is 52.3 Å². The summed E-state index contributed by atoms with van der Waals surface area (Å²) < 4.78 is 25.8. The molecule has 3 N–H and O–H groups in total. The Kier molecular flexibility index (Phi) is 25.1. The molecule has 0 aromatic carbocycles. The molecule has 0 aliphatic heterocycles. The zero-order valence-corrected chi connectivity index (χ0v) is 25.7. The van der Waals surface area contributed by atoms with Crippen molar-refractivity contribution < 1.29 is 43.0 Å². The van der Waals surface area contributed by atoms with Gasteiger partial charge in [0, 0.05) is 12.8 Å². The molecule has 0 aromatic rings. The number of aliphatic hydroxyl groups excluding tert-OH is 1. The van der Waals surface area contributed by atoms with Crippen LogP contribution < -0.4 is 0 Å². The number of carbonyl (C=O) groups is 2. The summed E-state index contributed by atoms with van der Waals surface area (Å²) in [6, 6.07) is 0. The Bertz CT molecular complexity index is 871. The summed E-state index contributed by atoms with van der Waals surface area (Å²) in [4.78, 5) is 42.0. The van der Waals surface area contributed by atoms with Crippen molar-refractivity contribution in [2.75, 3.05) is 13.2 Å². The van der Waals surface area contributed by atoms with Crippen molar-refractivity contribution in [1.29, 1.82) is 0 Å². The van der Waals surface area contributed by atoms with Crippen LogP contribution >= 0.6 is 7.82 Å². The molecule has 41 heavy (non-hydrogen) atoms. The second-order valence-electron chi connectivity index (χ2n) is 9.55. The molecule has 2 atom stereocenters. The summed E-state index contributed by atoms with van der Waals surface area (Å²) in [5.74, 6) is -1.00. The molecule has 1 unspecified atom stereocenters. The maximum atomic E-state index is 12.1. The van der Waals surface area contributed by atoms with Gasteiger partial charge in [-0.05, 0) is 44.9 Å². The number of phosphoric ester groups is 1. The Morgan fingerprint density at radius 2 is 1.44 bits per heavy atom. The van der Waals surface area contributed by atoms with Gasteiger partial charge in [0.25, 0.3) is 0 Å². The number of phosphoric acid groups is 1. The van der Waals surface area contributed by atoms with E-state index in [2.05, 4.69) is 23.6 Å². The SMILES string of the molecule is CC/C=C\C(O)C/C=C/C=C\C/C=C\C/C=C\CCCC(=O)OC[C@H](COP(=O)(O)O)OC(=O)CCCCCCC. The lowest BCUT2D eigenvalue weighted by atomic mass is 10.1. The minimum absolute atomic E-state index is 0.169. The van der Waals surface area contributed by atoms with Crippen molar-refractivity contribution >= 4 is 19.8 Å². The van der Waals surface area contributed by atoms with Crippen molar-refractivity contribution in [2.45, 2.75) is 110 Å². The summed E-state index contributed by atoms with van der Waals surface area (Å²) in [6.45, 7) is 3.23. The van der Waals surface area contributed by atoms with Crippen molar-refractivity contribution in [3.63, 3.8) is 0 Å². The van der Waals surface area contributed by atoms with Crippen LogP contribution in [-0.2, 0) is 28.2 Å². The van der Waals surface area contributed by atoms with Gasteiger partial charge in [0.2, 0.25) is 0 Å². The van der Waals surface area contributed by atoms with Crippen LogP contribution in [0.3, 0.4) is 0 Å². The third kappa shape index (κ3) is 29.0. The van der Waals surface area contributed by atoms with Gasteiger partial charge in [-0.2, -0.15) is 0 Å². The van der Waals surface area contributed by atoms with Crippen LogP contribution in [0.1, 0.15) is 97.3 Å². The quantitative estimate of drug-likeness (QED) is 0.0340. The predicted molar refractivity (Wildman–Crippen MR) is 162 cm³/mol. The number of hydrogen-bond donors (Lipinski definition) is 3. The standard InChI is InChI=1S/C31H51O9P/c1-3-5-7-16-21-25-31(34)40-29(27-39-41(35,36)37)26-38-30(33)24-20-18-15-13-11-9-8-10-12-14-17-19-23-28(32)22-6-4-2/h6,8-9,12-15,17,19,22,28-29,32H,3-5,7,10-11,16,18,20-21,23-27H2,1-2H3,(H2,35,36,37)/b9-8-,14-12-,15-13-,19-17+,22-6-/t28?,29-/m1/s1. The average molecular weight is 599 g/mol. The summed E-state index contributed by atoms with van der Waals surface area (Å²) in [7, 11) is -4.75. The first-order valence-corrected chi connectivity index (χ1v) is 16.2. The monoisotopic (exact) mass is 598 g/mol. The maximum absolute atomic E-state index is 12.1. The number of ether oxygens (including phenoxy) is 2. The predicted octanol–water partition coefficient (Wildman–Crippen LogP) is 6.80. The van der Waals surface area contributed by atoms with E-state index in [1.807, 2.05) is 49.5 Å². The highest BCUT2D eigenvalue weighted by atomic mass is 31.2. The summed E-state index contributed by atoms with van der Waals surface area (Å²) in [5.41, 5.74) is 0. The van der Waals surface area contributed by atoms with Gasteiger partial charge < -0.3 is 24.4 Å². The van der Waals surface area contributed by atoms with E-state index < -0.39 is 38.6 Å². The fourth-order valence-corrected chi connectivity index (χ4v) is 3.79. The van der Waals surface area contributed by atoms with Crippen LogP contribution in [0.15, 0.2) is 60.8 Å². The van der Waals surface area contributed by atoms with E-state index >= 15 is 0 Å². The van der Waals surface area contributed by atoms with Crippen molar-refractivity contribution in [3.05, 3.63) is 60.8 Å². The highest BCUT2D eigenvalue weighted by Crippen LogP contribution is 2.35. The van der Waals surface area contributed by atoms with Gasteiger partial charge in [-0.3, -0.25) is 14.1 Å². The molecule has 0 aliphatic carbocycles. The molecule has 0 heterocycles. The molecule has 0 fully saturated rings. The fourth-order valence-electron chi connectivity index (χ4n) is 3.43. The number of esters is 2. The van der Waals surface area contributed by atoms with Crippen molar-refractivity contribution in [2.24, 2.45) is 0 Å². The fraction of sp³-hybridized carbons (Fsp3) is 0.613. The molecular formula is C31H51O9P. The van der Waals surface area contributed by atoms with E-state index in [9.17, 15) is 19.3 Å². The second-order valence-corrected chi connectivity index (χ2v) is 10.8. The molecular weight excluding hydrogens is 547 g/mol. The van der Waals surface area contributed by atoms with E-state index in [-0.39, 0.29) is 19.4 Å². The van der Waals surface area contributed by atoms with Gasteiger partial charge >= 0.3 is 19.8 Å². The molecule has 0 aromatic heterocycles. The lowest BCUT2D eigenvalue weighted by molar-refractivity contribution is -0.161. The molecule has 0 saturated heterocycles. The molecule has 10 heteroatoms. The first-order chi connectivity index (χ1) is 19.7. The lowest BCUT2D eigenvalue weighted by Crippen LogP contribution is -2.29. The zero-order chi connectivity index (χ0) is 30.6. The number of carbonyl (C=O) groups excluding carboxylic acids is 2. The third-order valence-electron chi connectivity index (χ3n) is 5.63. The van der Waals surface area contributed by atoms with E-state index in [1.165, 1.54) is 0 Å². The van der Waals surface area contributed by atoms with Crippen LogP contribution in [0.25, 0.3) is 0 Å². The average Bonchev–Trinajstić information content (AvgIpc) is 2.92. The van der Waals surface area contributed by atoms with Gasteiger partial charge in [0.05, 0.1) is 12.7 Å². The van der Waals surface area contributed by atoms with Gasteiger partial charge in [-0.25, -0.2) is 4.57 Å². The van der Waals surface area contributed by atoms with E-state index in [0.29, 0.717) is 25.7 Å². The second kappa shape index (κ2) is 26.6. The molecule has 234 valence electrons. The minimum Gasteiger partial charge on any atom is -0.462 e. The number of rotatable bonds is 25. The van der Waals surface area contributed by atoms with Gasteiger partial charge in [-0.1, -0.05) is 100 Å². The molecule has 0 aliphatic rings. The number of aliphatic hydroxyl groups is 1. The normalized spacial score (nSPS) is 14.2. The minimum atomic E-state index is -4.75. The van der Waals surface area contributed by atoms with E-state index in [0.717, 1.165) is 44.9 Å². The van der Waals surface area contributed by atoms with Gasteiger partial charge in [0.1, 0.15) is 6.61 Å². The summed E-state index contributed by atoms with van der Waals surface area (Å²) in [6.07, 6.45) is 27.8.